The number of hydrogen-bond donors (Lipinski definition) is 1. The molecular formula is C23H26N2O5S. The van der Waals surface area contributed by atoms with Crippen molar-refractivity contribution in [3.8, 4) is 5.75 Å². The van der Waals surface area contributed by atoms with E-state index in [1.54, 1.807) is 12.1 Å². The average Bonchev–Trinajstić information content (AvgIpc) is 2.89. The number of ether oxygens (including phenoxy) is 1. The molecule has 2 aromatic rings. The predicted molar refractivity (Wildman–Crippen MR) is 115 cm³/mol. The number of benzene rings is 2. The minimum absolute atomic E-state index is 0.0286. The number of hydrogen-bond acceptors (Lipinski definition) is 5. The SMILES string of the molecule is Cc1ccc2c(c1)C(NC(=O)CCCN1C(=O)c3ccccc3S1(=O)=O)CC(C)(C)O2. The first-order valence-electron chi connectivity index (χ1n) is 10.3. The fourth-order valence-corrected chi connectivity index (χ4v) is 5.81. The van der Waals surface area contributed by atoms with Crippen molar-refractivity contribution in [2.24, 2.45) is 0 Å². The molecule has 1 unspecified atom stereocenters. The fourth-order valence-electron chi connectivity index (χ4n) is 4.20. The molecule has 1 N–H and O–H groups in total. The molecule has 2 aliphatic rings. The highest BCUT2D eigenvalue weighted by Gasteiger charge is 2.40. The Morgan fingerprint density at radius 1 is 1.23 bits per heavy atom. The van der Waals surface area contributed by atoms with Gasteiger partial charge in [0, 0.05) is 24.9 Å². The van der Waals surface area contributed by atoms with Crippen molar-refractivity contribution in [2.45, 2.75) is 56.6 Å². The molecule has 0 spiro atoms. The number of sulfonamides is 1. The normalized spacial score (nSPS) is 20.5. The van der Waals surface area contributed by atoms with E-state index in [4.69, 9.17) is 4.74 Å². The summed E-state index contributed by atoms with van der Waals surface area (Å²) in [5, 5.41) is 3.06. The van der Waals surface area contributed by atoms with E-state index in [9.17, 15) is 18.0 Å². The maximum Gasteiger partial charge on any atom is 0.269 e. The first-order chi connectivity index (χ1) is 14.6. The lowest BCUT2D eigenvalue weighted by Crippen LogP contribution is -2.41. The molecule has 1 atom stereocenters. The van der Waals surface area contributed by atoms with E-state index >= 15 is 0 Å². The van der Waals surface area contributed by atoms with Crippen LogP contribution in [-0.2, 0) is 14.8 Å². The summed E-state index contributed by atoms with van der Waals surface area (Å²) in [6.07, 6.45) is 0.996. The molecule has 0 aromatic heterocycles. The van der Waals surface area contributed by atoms with Crippen LogP contribution in [0.1, 0.15) is 60.6 Å². The second-order valence-corrected chi connectivity index (χ2v) is 10.5. The van der Waals surface area contributed by atoms with E-state index in [1.165, 1.54) is 12.1 Å². The Hall–Kier alpha value is -2.87. The van der Waals surface area contributed by atoms with Crippen LogP contribution in [0.25, 0.3) is 0 Å². The predicted octanol–water partition coefficient (Wildman–Crippen LogP) is 3.34. The zero-order valence-electron chi connectivity index (χ0n) is 17.8. The van der Waals surface area contributed by atoms with Crippen LogP contribution in [0.3, 0.4) is 0 Å². The van der Waals surface area contributed by atoms with Crippen molar-refractivity contribution < 1.29 is 22.7 Å². The van der Waals surface area contributed by atoms with Crippen molar-refractivity contribution in [2.75, 3.05) is 6.54 Å². The molecule has 0 saturated carbocycles. The average molecular weight is 443 g/mol. The van der Waals surface area contributed by atoms with Crippen LogP contribution in [0.2, 0.25) is 0 Å². The molecule has 0 radical (unpaired) electrons. The summed E-state index contributed by atoms with van der Waals surface area (Å²) in [6.45, 7) is 5.93. The van der Waals surface area contributed by atoms with Gasteiger partial charge in [0.15, 0.2) is 0 Å². The molecular weight excluding hydrogens is 416 g/mol. The van der Waals surface area contributed by atoms with Gasteiger partial charge in [0.1, 0.15) is 16.2 Å². The van der Waals surface area contributed by atoms with Gasteiger partial charge in [-0.1, -0.05) is 29.8 Å². The number of carbonyl (C=O) groups is 2. The summed E-state index contributed by atoms with van der Waals surface area (Å²) in [7, 11) is -3.85. The molecule has 2 aliphatic heterocycles. The highest BCUT2D eigenvalue weighted by atomic mass is 32.2. The van der Waals surface area contributed by atoms with Gasteiger partial charge in [-0.2, -0.15) is 0 Å². The molecule has 31 heavy (non-hydrogen) atoms. The van der Waals surface area contributed by atoms with Crippen LogP contribution in [0, 0.1) is 6.92 Å². The topological polar surface area (TPSA) is 92.8 Å². The standard InChI is InChI=1S/C23H26N2O5S/c1-15-10-11-19-17(13-15)18(14-23(2,3)30-19)24-21(26)9-6-12-25-22(27)16-7-4-5-8-20(16)31(25,28)29/h4-5,7-8,10-11,13,18H,6,9,12,14H2,1-3H3,(H,24,26). The summed E-state index contributed by atoms with van der Waals surface area (Å²) < 4.78 is 32.1. The number of nitrogens with zero attached hydrogens (tertiary/aromatic N) is 1. The molecule has 0 saturated heterocycles. The smallest absolute Gasteiger partial charge is 0.269 e. The number of amides is 2. The molecule has 164 valence electrons. The molecule has 2 heterocycles. The highest BCUT2D eigenvalue weighted by Crippen LogP contribution is 2.40. The Balaban J connectivity index is 1.40. The third-order valence-corrected chi connectivity index (χ3v) is 7.48. The molecule has 0 fully saturated rings. The van der Waals surface area contributed by atoms with Crippen LogP contribution in [0.4, 0.5) is 0 Å². The fraction of sp³-hybridized carbons (Fsp3) is 0.391. The van der Waals surface area contributed by atoms with E-state index in [1.807, 2.05) is 39.0 Å². The van der Waals surface area contributed by atoms with Gasteiger partial charge in [-0.15, -0.1) is 0 Å². The number of fused-ring (bicyclic) bond motifs is 2. The lowest BCUT2D eigenvalue weighted by Gasteiger charge is -2.38. The Morgan fingerprint density at radius 2 is 1.97 bits per heavy atom. The Kier molecular flexibility index (Phi) is 5.29. The minimum atomic E-state index is -3.85. The monoisotopic (exact) mass is 442 g/mol. The highest BCUT2D eigenvalue weighted by molar-refractivity contribution is 7.90. The van der Waals surface area contributed by atoms with E-state index in [-0.39, 0.29) is 41.8 Å². The largest absolute Gasteiger partial charge is 0.487 e. The van der Waals surface area contributed by atoms with E-state index in [0.717, 1.165) is 21.2 Å². The Morgan fingerprint density at radius 3 is 2.71 bits per heavy atom. The van der Waals surface area contributed by atoms with Crippen molar-refractivity contribution >= 4 is 21.8 Å². The third-order valence-electron chi connectivity index (χ3n) is 5.63. The van der Waals surface area contributed by atoms with Gasteiger partial charge in [0.05, 0.1) is 11.6 Å². The van der Waals surface area contributed by atoms with E-state index in [0.29, 0.717) is 6.42 Å². The van der Waals surface area contributed by atoms with Crippen molar-refractivity contribution in [3.63, 3.8) is 0 Å². The molecule has 2 aromatic carbocycles. The van der Waals surface area contributed by atoms with Crippen LogP contribution in [-0.4, -0.2) is 36.7 Å². The number of rotatable bonds is 5. The summed E-state index contributed by atoms with van der Waals surface area (Å²) in [4.78, 5) is 25.2. The zero-order valence-corrected chi connectivity index (χ0v) is 18.7. The quantitative estimate of drug-likeness (QED) is 0.767. The van der Waals surface area contributed by atoms with Gasteiger partial charge >= 0.3 is 0 Å². The third kappa shape index (κ3) is 4.04. The van der Waals surface area contributed by atoms with Crippen molar-refractivity contribution in [1.29, 1.82) is 0 Å². The molecule has 2 amide bonds. The molecule has 0 aliphatic carbocycles. The minimum Gasteiger partial charge on any atom is -0.487 e. The summed E-state index contributed by atoms with van der Waals surface area (Å²) in [6, 6.07) is 11.9. The summed E-state index contributed by atoms with van der Waals surface area (Å²) in [5.41, 5.74) is 1.80. The van der Waals surface area contributed by atoms with Gasteiger partial charge in [0.25, 0.3) is 15.9 Å². The van der Waals surface area contributed by atoms with Gasteiger partial charge in [0.2, 0.25) is 5.91 Å². The van der Waals surface area contributed by atoms with Crippen molar-refractivity contribution in [3.05, 3.63) is 59.2 Å². The van der Waals surface area contributed by atoms with Gasteiger partial charge in [-0.05, 0) is 45.4 Å². The van der Waals surface area contributed by atoms with Crippen LogP contribution in [0.5, 0.6) is 5.75 Å². The summed E-state index contributed by atoms with van der Waals surface area (Å²) >= 11 is 0. The van der Waals surface area contributed by atoms with E-state index in [2.05, 4.69) is 5.32 Å². The zero-order chi connectivity index (χ0) is 22.4. The van der Waals surface area contributed by atoms with Crippen LogP contribution >= 0.6 is 0 Å². The van der Waals surface area contributed by atoms with Gasteiger partial charge in [-0.25, -0.2) is 12.7 Å². The van der Waals surface area contributed by atoms with Gasteiger partial charge in [-0.3, -0.25) is 9.59 Å². The molecule has 7 nitrogen and oxygen atoms in total. The van der Waals surface area contributed by atoms with Crippen LogP contribution < -0.4 is 10.1 Å². The number of nitrogens with one attached hydrogen (secondary N) is 1. The van der Waals surface area contributed by atoms with Crippen LogP contribution in [0.15, 0.2) is 47.4 Å². The maximum absolute atomic E-state index is 12.6. The maximum atomic E-state index is 12.6. The Labute approximate surface area is 182 Å². The van der Waals surface area contributed by atoms with Crippen molar-refractivity contribution in [1.82, 2.24) is 9.62 Å². The first-order valence-corrected chi connectivity index (χ1v) is 11.8. The lowest BCUT2D eigenvalue weighted by molar-refractivity contribution is -0.122. The lowest BCUT2D eigenvalue weighted by atomic mass is 9.89. The molecule has 8 heteroatoms. The molecule has 0 bridgehead atoms. The number of carbonyl (C=O) groups excluding carboxylic acids is 2. The summed E-state index contributed by atoms with van der Waals surface area (Å²) in [5.74, 6) is 0.0435. The first kappa shape index (κ1) is 21.4. The number of aryl methyl sites for hydroxylation is 1. The van der Waals surface area contributed by atoms with E-state index < -0.39 is 21.5 Å². The second kappa shape index (κ2) is 7.67. The Bertz CT molecular complexity index is 1160. The second-order valence-electron chi connectivity index (χ2n) is 8.71. The molecule has 4 rings (SSSR count). The van der Waals surface area contributed by atoms with Gasteiger partial charge < -0.3 is 10.1 Å².